The van der Waals surface area contributed by atoms with Crippen LogP contribution in [0.1, 0.15) is 6.92 Å². The minimum Gasteiger partial charge on any atom is -0.411 e. The summed E-state index contributed by atoms with van der Waals surface area (Å²) in [6, 6.07) is 11.6. The quantitative estimate of drug-likeness (QED) is 0.579. The Balaban J connectivity index is 1.26. The summed E-state index contributed by atoms with van der Waals surface area (Å²) in [7, 11) is 0. The summed E-state index contributed by atoms with van der Waals surface area (Å²) < 4.78 is 5.58. The van der Waals surface area contributed by atoms with E-state index in [4.69, 9.17) is 4.42 Å². The Labute approximate surface area is 179 Å². The molecule has 1 aromatic carbocycles. The second-order valence-electron chi connectivity index (χ2n) is 6.92. The van der Waals surface area contributed by atoms with E-state index >= 15 is 0 Å². The highest BCUT2D eigenvalue weighted by atomic mass is 32.2. The number of benzene rings is 1. The number of likely N-dealkylation sites (N-methyl/N-ethyl adjacent to an activating group) is 1. The lowest BCUT2D eigenvalue weighted by atomic mass is 10.2. The van der Waals surface area contributed by atoms with Crippen molar-refractivity contribution in [3.63, 3.8) is 0 Å². The van der Waals surface area contributed by atoms with Gasteiger partial charge in [-0.3, -0.25) is 9.78 Å². The Bertz CT molecular complexity index is 955. The van der Waals surface area contributed by atoms with E-state index < -0.39 is 0 Å². The molecule has 8 nitrogen and oxygen atoms in total. The van der Waals surface area contributed by atoms with E-state index in [1.807, 2.05) is 18.2 Å². The SMILES string of the molecule is CCN1CCN(c2ccc(NC(=O)CSc3nnc(-c4cccnc4)o3)cc2)CC1. The van der Waals surface area contributed by atoms with E-state index in [0.29, 0.717) is 11.1 Å². The van der Waals surface area contributed by atoms with Gasteiger partial charge in [0.1, 0.15) is 0 Å². The van der Waals surface area contributed by atoms with Gasteiger partial charge in [0.05, 0.1) is 11.3 Å². The van der Waals surface area contributed by atoms with Crippen molar-refractivity contribution in [2.24, 2.45) is 0 Å². The van der Waals surface area contributed by atoms with E-state index in [0.717, 1.165) is 44.0 Å². The molecule has 0 aliphatic carbocycles. The fraction of sp³-hybridized carbons (Fsp3) is 0.333. The molecule has 1 aliphatic heterocycles. The summed E-state index contributed by atoms with van der Waals surface area (Å²) in [4.78, 5) is 21.1. The average molecular weight is 425 g/mol. The molecular weight excluding hydrogens is 400 g/mol. The third-order valence-corrected chi connectivity index (χ3v) is 5.80. The zero-order valence-electron chi connectivity index (χ0n) is 16.8. The molecule has 1 N–H and O–H groups in total. The third-order valence-electron chi connectivity index (χ3n) is 4.98. The minimum atomic E-state index is -0.120. The number of thioether (sulfide) groups is 1. The molecular formula is C21H24N6O2S. The van der Waals surface area contributed by atoms with Gasteiger partial charge in [-0.25, -0.2) is 0 Å². The predicted octanol–water partition coefficient (Wildman–Crippen LogP) is 3.00. The number of piperazine rings is 1. The van der Waals surface area contributed by atoms with Gasteiger partial charge in [0.2, 0.25) is 11.8 Å². The maximum Gasteiger partial charge on any atom is 0.277 e. The lowest BCUT2D eigenvalue weighted by Crippen LogP contribution is -2.46. The van der Waals surface area contributed by atoms with E-state index in [-0.39, 0.29) is 11.7 Å². The van der Waals surface area contributed by atoms with Gasteiger partial charge in [-0.2, -0.15) is 0 Å². The van der Waals surface area contributed by atoms with Gasteiger partial charge in [-0.05, 0) is 42.9 Å². The molecule has 30 heavy (non-hydrogen) atoms. The number of nitrogens with zero attached hydrogens (tertiary/aromatic N) is 5. The molecule has 0 bridgehead atoms. The fourth-order valence-electron chi connectivity index (χ4n) is 3.28. The molecule has 4 rings (SSSR count). The first-order chi connectivity index (χ1) is 14.7. The van der Waals surface area contributed by atoms with Crippen molar-refractivity contribution in [2.75, 3.05) is 48.7 Å². The van der Waals surface area contributed by atoms with Crippen molar-refractivity contribution in [2.45, 2.75) is 12.1 Å². The first kappa shape index (κ1) is 20.4. The van der Waals surface area contributed by atoms with Crippen LogP contribution in [0, 0.1) is 0 Å². The number of aromatic nitrogens is 3. The Morgan fingerprint density at radius 2 is 1.93 bits per heavy atom. The molecule has 3 aromatic rings. The zero-order chi connectivity index (χ0) is 20.8. The van der Waals surface area contributed by atoms with E-state index in [1.54, 1.807) is 18.5 Å². The van der Waals surface area contributed by atoms with Gasteiger partial charge < -0.3 is 19.5 Å². The van der Waals surface area contributed by atoms with Crippen LogP contribution in [-0.2, 0) is 4.79 Å². The van der Waals surface area contributed by atoms with Crippen molar-refractivity contribution >= 4 is 29.0 Å². The third kappa shape index (κ3) is 5.17. The number of carbonyl (C=O) groups is 1. The number of pyridine rings is 1. The highest BCUT2D eigenvalue weighted by Gasteiger charge is 2.16. The van der Waals surface area contributed by atoms with Crippen LogP contribution in [0.2, 0.25) is 0 Å². The number of nitrogens with one attached hydrogen (secondary N) is 1. The summed E-state index contributed by atoms with van der Waals surface area (Å²) in [5.41, 5.74) is 2.71. The molecule has 156 valence electrons. The van der Waals surface area contributed by atoms with Crippen molar-refractivity contribution in [3.05, 3.63) is 48.8 Å². The Kier molecular flexibility index (Phi) is 6.60. The fourth-order valence-corrected chi connectivity index (χ4v) is 3.84. The van der Waals surface area contributed by atoms with Crippen molar-refractivity contribution in [3.8, 4) is 11.5 Å². The summed E-state index contributed by atoms with van der Waals surface area (Å²) in [5.74, 6) is 0.460. The average Bonchev–Trinajstić information content (AvgIpc) is 3.28. The van der Waals surface area contributed by atoms with Gasteiger partial charge in [0.15, 0.2) is 0 Å². The second-order valence-corrected chi connectivity index (χ2v) is 7.85. The molecule has 1 fully saturated rings. The van der Waals surface area contributed by atoms with Gasteiger partial charge in [-0.15, -0.1) is 10.2 Å². The standard InChI is InChI=1S/C21H24N6O2S/c1-2-26-10-12-27(13-11-26)18-7-5-17(6-8-18)23-19(28)15-30-21-25-24-20(29-21)16-4-3-9-22-14-16/h3-9,14H,2,10-13,15H2,1H3,(H,23,28). The molecule has 1 aliphatic rings. The van der Waals surface area contributed by atoms with Gasteiger partial charge in [-0.1, -0.05) is 18.7 Å². The van der Waals surface area contributed by atoms with E-state index in [2.05, 4.69) is 49.4 Å². The van der Waals surface area contributed by atoms with Crippen LogP contribution in [0.5, 0.6) is 0 Å². The molecule has 3 heterocycles. The first-order valence-electron chi connectivity index (χ1n) is 9.95. The molecule has 9 heteroatoms. The van der Waals surface area contributed by atoms with Crippen LogP contribution in [-0.4, -0.2) is 64.5 Å². The lowest BCUT2D eigenvalue weighted by Gasteiger charge is -2.35. The Morgan fingerprint density at radius 1 is 1.13 bits per heavy atom. The topological polar surface area (TPSA) is 87.4 Å². The largest absolute Gasteiger partial charge is 0.411 e. The molecule has 0 unspecified atom stereocenters. The molecule has 1 saturated heterocycles. The summed E-state index contributed by atoms with van der Waals surface area (Å²) in [6.45, 7) is 7.53. The van der Waals surface area contributed by atoms with Crippen LogP contribution in [0.25, 0.3) is 11.5 Å². The van der Waals surface area contributed by atoms with Gasteiger partial charge in [0.25, 0.3) is 5.22 Å². The van der Waals surface area contributed by atoms with Crippen LogP contribution < -0.4 is 10.2 Å². The molecule has 0 radical (unpaired) electrons. The zero-order valence-corrected chi connectivity index (χ0v) is 17.6. The minimum absolute atomic E-state index is 0.120. The maximum atomic E-state index is 12.3. The molecule has 0 atom stereocenters. The first-order valence-corrected chi connectivity index (χ1v) is 10.9. The number of anilines is 2. The highest BCUT2D eigenvalue weighted by Crippen LogP contribution is 2.23. The number of rotatable bonds is 7. The molecule has 0 saturated carbocycles. The van der Waals surface area contributed by atoms with Crippen molar-refractivity contribution in [1.82, 2.24) is 20.1 Å². The lowest BCUT2D eigenvalue weighted by molar-refractivity contribution is -0.113. The van der Waals surface area contributed by atoms with Crippen molar-refractivity contribution < 1.29 is 9.21 Å². The van der Waals surface area contributed by atoms with Crippen LogP contribution in [0.4, 0.5) is 11.4 Å². The highest BCUT2D eigenvalue weighted by molar-refractivity contribution is 7.99. The van der Waals surface area contributed by atoms with E-state index in [9.17, 15) is 4.79 Å². The van der Waals surface area contributed by atoms with Crippen molar-refractivity contribution in [1.29, 1.82) is 0 Å². The molecule has 0 spiro atoms. The number of hydrogen-bond acceptors (Lipinski definition) is 8. The smallest absolute Gasteiger partial charge is 0.277 e. The number of carbonyl (C=O) groups excluding carboxylic acids is 1. The number of amides is 1. The molecule has 1 amide bonds. The van der Waals surface area contributed by atoms with Gasteiger partial charge >= 0.3 is 0 Å². The van der Waals surface area contributed by atoms with Gasteiger partial charge in [0, 0.05) is 49.9 Å². The van der Waals surface area contributed by atoms with Crippen LogP contribution in [0.3, 0.4) is 0 Å². The van der Waals surface area contributed by atoms with E-state index in [1.165, 1.54) is 17.4 Å². The van der Waals surface area contributed by atoms with Crippen LogP contribution >= 0.6 is 11.8 Å². The van der Waals surface area contributed by atoms with Crippen LogP contribution in [0.15, 0.2) is 58.4 Å². The summed E-state index contributed by atoms with van der Waals surface area (Å²) in [6.07, 6.45) is 3.33. The Morgan fingerprint density at radius 3 is 2.63 bits per heavy atom. The normalized spacial score (nSPS) is 14.6. The summed E-state index contributed by atoms with van der Waals surface area (Å²) >= 11 is 1.21. The second kappa shape index (κ2) is 9.73. The number of hydrogen-bond donors (Lipinski definition) is 1. The predicted molar refractivity (Wildman–Crippen MR) is 118 cm³/mol. The molecule has 2 aromatic heterocycles. The summed E-state index contributed by atoms with van der Waals surface area (Å²) in [5, 5.41) is 11.2. The maximum absolute atomic E-state index is 12.3. The monoisotopic (exact) mass is 424 g/mol. The Hall–Kier alpha value is -2.91.